The minimum Gasteiger partial charge on any atom is -0.366 e. The molecule has 1 saturated heterocycles. The van der Waals surface area contributed by atoms with E-state index in [4.69, 9.17) is 5.73 Å². The number of imide groups is 1. The summed E-state index contributed by atoms with van der Waals surface area (Å²) in [5.74, 6) is -3.57. The number of benzene rings is 1. The van der Waals surface area contributed by atoms with Gasteiger partial charge in [-0.3, -0.25) is 24.5 Å². The van der Waals surface area contributed by atoms with Crippen LogP contribution in [0.5, 0.6) is 0 Å². The van der Waals surface area contributed by atoms with Crippen LogP contribution in [0.25, 0.3) is 0 Å². The van der Waals surface area contributed by atoms with E-state index in [0.717, 1.165) is 0 Å². The molecule has 1 aromatic carbocycles. The number of hydrogen-bond donors (Lipinski definition) is 4. The van der Waals surface area contributed by atoms with Crippen molar-refractivity contribution in [3.05, 3.63) is 29.8 Å². The summed E-state index contributed by atoms with van der Waals surface area (Å²) in [6.07, 6.45) is 1.23. The Balaban J connectivity index is 1.96. The molecule has 1 heterocycles. The van der Waals surface area contributed by atoms with Gasteiger partial charge in [-0.2, -0.15) is 0 Å². The molecule has 0 saturated carbocycles. The normalized spacial score (nSPS) is 14.8. The van der Waals surface area contributed by atoms with Gasteiger partial charge in [0.05, 0.1) is 11.3 Å². The first kappa shape index (κ1) is 16.6. The topological polar surface area (TPSA) is 130 Å². The minimum atomic E-state index is -1.06. The molecule has 1 fully saturated rings. The SMILES string of the molecule is NC(=O)c1ccccc1NC(=O)C(=O)NC(=O)C1CCNCC1. The molecule has 23 heavy (non-hydrogen) atoms. The Morgan fingerprint density at radius 1 is 1.04 bits per heavy atom. The number of nitrogens with two attached hydrogens (primary N) is 1. The molecule has 5 N–H and O–H groups in total. The van der Waals surface area contributed by atoms with Gasteiger partial charge in [0, 0.05) is 5.92 Å². The average molecular weight is 318 g/mol. The van der Waals surface area contributed by atoms with Crippen molar-refractivity contribution in [3.63, 3.8) is 0 Å². The Morgan fingerprint density at radius 3 is 2.35 bits per heavy atom. The van der Waals surface area contributed by atoms with Crippen molar-refractivity contribution in [2.75, 3.05) is 18.4 Å². The van der Waals surface area contributed by atoms with Crippen LogP contribution in [-0.4, -0.2) is 36.7 Å². The van der Waals surface area contributed by atoms with Gasteiger partial charge < -0.3 is 16.4 Å². The fourth-order valence-electron chi connectivity index (χ4n) is 2.34. The van der Waals surface area contributed by atoms with Crippen LogP contribution < -0.4 is 21.7 Å². The second-order valence-electron chi connectivity index (χ2n) is 5.21. The van der Waals surface area contributed by atoms with Crippen LogP contribution in [0.4, 0.5) is 5.69 Å². The fourth-order valence-corrected chi connectivity index (χ4v) is 2.34. The van der Waals surface area contributed by atoms with Crippen molar-refractivity contribution in [3.8, 4) is 0 Å². The van der Waals surface area contributed by atoms with Crippen molar-refractivity contribution >= 4 is 29.3 Å². The first-order valence-electron chi connectivity index (χ1n) is 7.24. The number of anilines is 1. The lowest BCUT2D eigenvalue weighted by Gasteiger charge is -2.21. The first-order chi connectivity index (χ1) is 11.0. The van der Waals surface area contributed by atoms with E-state index in [-0.39, 0.29) is 17.2 Å². The Bertz CT molecular complexity index is 638. The summed E-state index contributed by atoms with van der Waals surface area (Å²) in [4.78, 5) is 46.9. The highest BCUT2D eigenvalue weighted by Gasteiger charge is 2.25. The number of hydrogen-bond acceptors (Lipinski definition) is 5. The number of nitrogens with one attached hydrogen (secondary N) is 3. The van der Waals surface area contributed by atoms with Gasteiger partial charge in [0.2, 0.25) is 5.91 Å². The third kappa shape index (κ3) is 4.36. The molecule has 0 spiro atoms. The van der Waals surface area contributed by atoms with Gasteiger partial charge in [-0.05, 0) is 38.1 Å². The quantitative estimate of drug-likeness (QED) is 0.551. The monoisotopic (exact) mass is 318 g/mol. The van der Waals surface area contributed by atoms with Gasteiger partial charge in [0.1, 0.15) is 0 Å². The van der Waals surface area contributed by atoms with Crippen molar-refractivity contribution in [2.45, 2.75) is 12.8 Å². The van der Waals surface area contributed by atoms with E-state index in [9.17, 15) is 19.2 Å². The molecule has 1 aromatic rings. The van der Waals surface area contributed by atoms with E-state index in [0.29, 0.717) is 25.9 Å². The molecular weight excluding hydrogens is 300 g/mol. The number of amides is 4. The highest BCUT2D eigenvalue weighted by atomic mass is 16.2. The number of para-hydroxylation sites is 1. The molecule has 0 aromatic heterocycles. The lowest BCUT2D eigenvalue weighted by Crippen LogP contribution is -2.44. The summed E-state index contributed by atoms with van der Waals surface area (Å²) < 4.78 is 0. The van der Waals surface area contributed by atoms with Gasteiger partial charge in [-0.25, -0.2) is 0 Å². The predicted molar refractivity (Wildman–Crippen MR) is 82.3 cm³/mol. The van der Waals surface area contributed by atoms with Crippen LogP contribution >= 0.6 is 0 Å². The number of carbonyl (C=O) groups excluding carboxylic acids is 4. The lowest BCUT2D eigenvalue weighted by atomic mass is 9.97. The van der Waals surface area contributed by atoms with Crippen LogP contribution in [0.3, 0.4) is 0 Å². The highest BCUT2D eigenvalue weighted by Crippen LogP contribution is 2.14. The third-order valence-electron chi connectivity index (χ3n) is 3.59. The molecule has 0 atom stereocenters. The number of piperidine rings is 1. The molecule has 1 aliphatic heterocycles. The van der Waals surface area contributed by atoms with Crippen molar-refractivity contribution in [1.29, 1.82) is 0 Å². The second kappa shape index (κ2) is 7.50. The molecule has 0 aliphatic carbocycles. The van der Waals surface area contributed by atoms with E-state index in [1.165, 1.54) is 12.1 Å². The zero-order chi connectivity index (χ0) is 16.8. The summed E-state index contributed by atoms with van der Waals surface area (Å²) in [5, 5.41) is 7.48. The Labute approximate surface area is 132 Å². The summed E-state index contributed by atoms with van der Waals surface area (Å²) in [7, 11) is 0. The number of primary amides is 1. The zero-order valence-electron chi connectivity index (χ0n) is 12.4. The second-order valence-corrected chi connectivity index (χ2v) is 5.21. The van der Waals surface area contributed by atoms with Gasteiger partial charge in [-0.15, -0.1) is 0 Å². The van der Waals surface area contributed by atoms with Gasteiger partial charge in [-0.1, -0.05) is 12.1 Å². The van der Waals surface area contributed by atoms with Crippen LogP contribution in [0.2, 0.25) is 0 Å². The van der Waals surface area contributed by atoms with E-state index >= 15 is 0 Å². The van der Waals surface area contributed by atoms with Crippen LogP contribution in [0.1, 0.15) is 23.2 Å². The molecule has 0 radical (unpaired) electrons. The maximum Gasteiger partial charge on any atom is 0.316 e. The van der Waals surface area contributed by atoms with Crippen molar-refractivity contribution in [2.24, 2.45) is 11.7 Å². The molecule has 8 nitrogen and oxygen atoms in total. The average Bonchev–Trinajstić information content (AvgIpc) is 2.55. The smallest absolute Gasteiger partial charge is 0.316 e. The summed E-state index contributed by atoms with van der Waals surface area (Å²) in [5.41, 5.74) is 5.40. The molecule has 0 unspecified atom stereocenters. The Morgan fingerprint density at radius 2 is 1.70 bits per heavy atom. The van der Waals surface area contributed by atoms with Crippen LogP contribution in [-0.2, 0) is 14.4 Å². The van der Waals surface area contributed by atoms with Crippen LogP contribution in [0.15, 0.2) is 24.3 Å². The van der Waals surface area contributed by atoms with Crippen LogP contribution in [0, 0.1) is 5.92 Å². The van der Waals surface area contributed by atoms with Gasteiger partial charge >= 0.3 is 11.8 Å². The standard InChI is InChI=1S/C15H18N4O4/c16-12(20)10-3-1-2-4-11(10)18-14(22)15(23)19-13(21)9-5-7-17-8-6-9/h1-4,9,17H,5-8H2,(H2,16,20)(H,18,22)(H,19,21,23). The van der Waals surface area contributed by atoms with Gasteiger partial charge in [0.25, 0.3) is 5.91 Å². The predicted octanol–water partition coefficient (Wildman–Crippen LogP) is -0.634. The minimum absolute atomic E-state index is 0.0818. The van der Waals surface area contributed by atoms with Gasteiger partial charge in [0.15, 0.2) is 0 Å². The molecule has 122 valence electrons. The van der Waals surface area contributed by atoms with E-state index in [1.807, 2.05) is 0 Å². The number of rotatable bonds is 3. The summed E-state index contributed by atoms with van der Waals surface area (Å²) in [6.45, 7) is 1.40. The lowest BCUT2D eigenvalue weighted by molar-refractivity contribution is -0.141. The molecule has 8 heteroatoms. The molecular formula is C15H18N4O4. The fraction of sp³-hybridized carbons (Fsp3) is 0.333. The zero-order valence-corrected chi connectivity index (χ0v) is 12.4. The third-order valence-corrected chi connectivity index (χ3v) is 3.59. The van der Waals surface area contributed by atoms with E-state index in [1.54, 1.807) is 12.1 Å². The molecule has 0 bridgehead atoms. The van der Waals surface area contributed by atoms with E-state index in [2.05, 4.69) is 16.0 Å². The summed E-state index contributed by atoms with van der Waals surface area (Å²) >= 11 is 0. The maximum atomic E-state index is 11.9. The molecule has 1 aliphatic rings. The summed E-state index contributed by atoms with van der Waals surface area (Å²) in [6, 6.07) is 6.03. The molecule has 4 amide bonds. The van der Waals surface area contributed by atoms with Crippen molar-refractivity contribution in [1.82, 2.24) is 10.6 Å². The Hall–Kier alpha value is -2.74. The first-order valence-corrected chi connectivity index (χ1v) is 7.24. The van der Waals surface area contributed by atoms with Crippen molar-refractivity contribution < 1.29 is 19.2 Å². The highest BCUT2D eigenvalue weighted by molar-refractivity contribution is 6.42. The number of carbonyl (C=O) groups is 4. The van der Waals surface area contributed by atoms with E-state index < -0.39 is 23.6 Å². The molecule has 2 rings (SSSR count). The Kier molecular flexibility index (Phi) is 5.42. The largest absolute Gasteiger partial charge is 0.366 e. The maximum absolute atomic E-state index is 11.9.